The third kappa shape index (κ3) is 5.65. The summed E-state index contributed by atoms with van der Waals surface area (Å²) in [5.41, 5.74) is 0.844. The van der Waals surface area contributed by atoms with Crippen LogP contribution in [0.5, 0.6) is 11.5 Å². The van der Waals surface area contributed by atoms with E-state index in [0.29, 0.717) is 27.9 Å². The summed E-state index contributed by atoms with van der Waals surface area (Å²) in [6.45, 7) is -0.233. The van der Waals surface area contributed by atoms with Crippen LogP contribution in [0.1, 0.15) is 0 Å². The van der Waals surface area contributed by atoms with Crippen LogP contribution in [0.2, 0.25) is 5.02 Å². The quantitative estimate of drug-likeness (QED) is 0.541. The maximum atomic E-state index is 12.5. The van der Waals surface area contributed by atoms with E-state index in [1.54, 1.807) is 48.5 Å². The van der Waals surface area contributed by atoms with E-state index in [1.807, 2.05) is 0 Å². The van der Waals surface area contributed by atoms with Gasteiger partial charge in [-0.15, -0.1) is 0 Å². The maximum Gasteiger partial charge on any atom is 0.262 e. The largest absolute Gasteiger partial charge is 0.497 e. The monoisotopic (exact) mass is 446 g/mol. The first-order chi connectivity index (χ1) is 14.4. The minimum absolute atomic E-state index is 0.0589. The van der Waals surface area contributed by atoms with Crippen molar-refractivity contribution < 1.29 is 22.7 Å². The molecule has 0 aliphatic heterocycles. The predicted molar refractivity (Wildman–Crippen MR) is 116 cm³/mol. The Kier molecular flexibility index (Phi) is 6.81. The van der Waals surface area contributed by atoms with Crippen molar-refractivity contribution in [2.45, 2.75) is 4.90 Å². The highest BCUT2D eigenvalue weighted by atomic mass is 35.5. The lowest BCUT2D eigenvalue weighted by Crippen LogP contribution is -2.20. The number of halogens is 1. The molecule has 0 aromatic heterocycles. The van der Waals surface area contributed by atoms with E-state index in [0.717, 1.165) is 0 Å². The Labute approximate surface area is 179 Å². The molecule has 0 aliphatic carbocycles. The van der Waals surface area contributed by atoms with Gasteiger partial charge in [0.1, 0.15) is 11.5 Å². The third-order valence-corrected chi connectivity index (χ3v) is 5.70. The Balaban J connectivity index is 1.59. The summed E-state index contributed by atoms with van der Waals surface area (Å²) in [7, 11) is -2.24. The summed E-state index contributed by atoms with van der Waals surface area (Å²) in [5.74, 6) is 0.624. The first-order valence-electron chi connectivity index (χ1n) is 8.81. The Bertz CT molecular complexity index is 1120. The number of ether oxygens (including phenoxy) is 2. The Hall–Kier alpha value is -3.23. The summed E-state index contributed by atoms with van der Waals surface area (Å²) in [6.07, 6.45) is 0. The summed E-state index contributed by atoms with van der Waals surface area (Å²) in [4.78, 5) is 12.1. The zero-order valence-electron chi connectivity index (χ0n) is 16.0. The molecule has 7 nitrogen and oxygen atoms in total. The topological polar surface area (TPSA) is 93.7 Å². The van der Waals surface area contributed by atoms with Crippen LogP contribution in [0.3, 0.4) is 0 Å². The van der Waals surface area contributed by atoms with Crippen molar-refractivity contribution in [3.63, 3.8) is 0 Å². The molecule has 1 amide bonds. The second-order valence-electron chi connectivity index (χ2n) is 6.13. The van der Waals surface area contributed by atoms with Crippen LogP contribution < -0.4 is 19.5 Å². The smallest absolute Gasteiger partial charge is 0.262 e. The number of amides is 1. The van der Waals surface area contributed by atoms with Crippen LogP contribution in [-0.2, 0) is 14.8 Å². The molecule has 3 aromatic rings. The van der Waals surface area contributed by atoms with Gasteiger partial charge < -0.3 is 14.8 Å². The van der Waals surface area contributed by atoms with Gasteiger partial charge in [-0.1, -0.05) is 23.7 Å². The van der Waals surface area contributed by atoms with Gasteiger partial charge in [0, 0.05) is 11.4 Å². The number of methoxy groups -OCH3 is 1. The average molecular weight is 447 g/mol. The fourth-order valence-electron chi connectivity index (χ4n) is 2.49. The average Bonchev–Trinajstić information content (AvgIpc) is 2.74. The molecule has 0 atom stereocenters. The van der Waals surface area contributed by atoms with Crippen molar-refractivity contribution >= 4 is 38.9 Å². The number of hydrogen-bond donors (Lipinski definition) is 2. The first-order valence-corrected chi connectivity index (χ1v) is 10.7. The zero-order valence-corrected chi connectivity index (χ0v) is 17.5. The lowest BCUT2D eigenvalue weighted by molar-refractivity contribution is -0.118. The van der Waals surface area contributed by atoms with E-state index in [9.17, 15) is 13.2 Å². The van der Waals surface area contributed by atoms with Gasteiger partial charge in [-0.25, -0.2) is 8.42 Å². The number of anilines is 2. The van der Waals surface area contributed by atoms with Crippen molar-refractivity contribution in [3.8, 4) is 11.5 Å². The summed E-state index contributed by atoms with van der Waals surface area (Å²) >= 11 is 5.98. The number of carbonyl (C=O) groups is 1. The number of carbonyl (C=O) groups excluding carboxylic acids is 1. The highest BCUT2D eigenvalue weighted by Crippen LogP contribution is 2.23. The normalized spacial score (nSPS) is 10.9. The van der Waals surface area contributed by atoms with E-state index in [1.165, 1.54) is 31.4 Å². The van der Waals surface area contributed by atoms with E-state index in [4.69, 9.17) is 21.1 Å². The molecule has 0 aliphatic rings. The molecular formula is C21H19ClN2O5S. The van der Waals surface area contributed by atoms with Gasteiger partial charge in [0.2, 0.25) is 0 Å². The van der Waals surface area contributed by atoms with Crippen LogP contribution in [0, 0.1) is 0 Å². The van der Waals surface area contributed by atoms with Crippen molar-refractivity contribution in [1.82, 2.24) is 0 Å². The van der Waals surface area contributed by atoms with Gasteiger partial charge in [0.05, 0.1) is 17.0 Å². The number of benzene rings is 3. The second kappa shape index (κ2) is 9.51. The van der Waals surface area contributed by atoms with E-state index in [-0.39, 0.29) is 11.5 Å². The third-order valence-electron chi connectivity index (χ3n) is 3.99. The first kappa shape index (κ1) is 21.5. The molecule has 0 saturated heterocycles. The molecule has 0 bridgehead atoms. The van der Waals surface area contributed by atoms with Gasteiger partial charge in [0.25, 0.3) is 15.9 Å². The van der Waals surface area contributed by atoms with Gasteiger partial charge in [-0.3, -0.25) is 9.52 Å². The van der Waals surface area contributed by atoms with Crippen LogP contribution in [-0.4, -0.2) is 28.0 Å². The van der Waals surface area contributed by atoms with Gasteiger partial charge >= 0.3 is 0 Å². The van der Waals surface area contributed by atoms with Gasteiger partial charge in [0.15, 0.2) is 6.61 Å². The summed E-state index contributed by atoms with van der Waals surface area (Å²) in [6, 6.07) is 19.1. The standard InChI is InChI=1S/C21H19ClN2O5S/c1-28-17-10-6-16(7-11-17)24-30(26,27)18-12-8-15(9-13-18)23-21(25)14-29-20-5-3-2-4-19(20)22/h2-13,24H,14H2,1H3,(H,23,25). The van der Waals surface area contributed by atoms with Crippen molar-refractivity contribution in [2.24, 2.45) is 0 Å². The van der Waals surface area contributed by atoms with E-state index < -0.39 is 15.9 Å². The Morgan fingerprint density at radius 1 is 0.933 bits per heavy atom. The fraction of sp³-hybridized carbons (Fsp3) is 0.0952. The molecule has 0 heterocycles. The molecule has 2 N–H and O–H groups in total. The van der Waals surface area contributed by atoms with Crippen molar-refractivity contribution in [2.75, 3.05) is 23.8 Å². The lowest BCUT2D eigenvalue weighted by atomic mass is 10.3. The molecule has 0 unspecified atom stereocenters. The van der Waals surface area contributed by atoms with E-state index in [2.05, 4.69) is 10.0 Å². The molecule has 30 heavy (non-hydrogen) atoms. The number of rotatable bonds is 8. The van der Waals surface area contributed by atoms with Crippen LogP contribution in [0.25, 0.3) is 0 Å². The predicted octanol–water partition coefficient (Wildman–Crippen LogP) is 4.17. The molecule has 0 fully saturated rings. The minimum atomic E-state index is -3.77. The highest BCUT2D eigenvalue weighted by molar-refractivity contribution is 7.92. The summed E-state index contributed by atoms with van der Waals surface area (Å²) in [5, 5.41) is 3.04. The molecule has 3 rings (SSSR count). The van der Waals surface area contributed by atoms with Crippen LogP contribution in [0.4, 0.5) is 11.4 Å². The molecule has 156 valence electrons. The number of sulfonamides is 1. The Morgan fingerprint density at radius 2 is 1.57 bits per heavy atom. The number of para-hydroxylation sites is 1. The lowest BCUT2D eigenvalue weighted by Gasteiger charge is -2.11. The molecule has 9 heteroatoms. The van der Waals surface area contributed by atoms with Crippen molar-refractivity contribution in [1.29, 1.82) is 0 Å². The Morgan fingerprint density at radius 3 is 2.20 bits per heavy atom. The molecular weight excluding hydrogens is 428 g/mol. The number of nitrogens with one attached hydrogen (secondary N) is 2. The van der Waals surface area contributed by atoms with Gasteiger partial charge in [-0.05, 0) is 60.7 Å². The zero-order chi connectivity index (χ0) is 21.6. The molecule has 0 saturated carbocycles. The molecule has 0 spiro atoms. The minimum Gasteiger partial charge on any atom is -0.497 e. The van der Waals surface area contributed by atoms with Crippen molar-refractivity contribution in [3.05, 3.63) is 77.8 Å². The fourth-order valence-corrected chi connectivity index (χ4v) is 3.74. The highest BCUT2D eigenvalue weighted by Gasteiger charge is 2.14. The van der Waals surface area contributed by atoms with Crippen LogP contribution in [0.15, 0.2) is 77.7 Å². The number of hydrogen-bond acceptors (Lipinski definition) is 5. The molecule has 0 radical (unpaired) electrons. The second-order valence-corrected chi connectivity index (χ2v) is 8.22. The van der Waals surface area contributed by atoms with E-state index >= 15 is 0 Å². The van der Waals surface area contributed by atoms with Crippen LogP contribution >= 0.6 is 11.6 Å². The SMILES string of the molecule is COc1ccc(NS(=O)(=O)c2ccc(NC(=O)COc3ccccc3Cl)cc2)cc1. The van der Waals surface area contributed by atoms with Gasteiger partial charge in [-0.2, -0.15) is 0 Å². The maximum absolute atomic E-state index is 12.5. The molecule has 3 aromatic carbocycles. The summed E-state index contributed by atoms with van der Waals surface area (Å²) < 4.78 is 37.9.